The van der Waals surface area contributed by atoms with Gasteiger partial charge in [-0.15, -0.1) is 0 Å². The molecule has 0 saturated carbocycles. The summed E-state index contributed by atoms with van der Waals surface area (Å²) >= 11 is 0. The average Bonchev–Trinajstić information content (AvgIpc) is 2.71. The molecule has 0 saturated heterocycles. The van der Waals surface area contributed by atoms with Crippen LogP contribution >= 0.6 is 0 Å². The van der Waals surface area contributed by atoms with Crippen LogP contribution in [0.5, 0.6) is 0 Å². The predicted octanol–water partition coefficient (Wildman–Crippen LogP) is 2.89. The van der Waals surface area contributed by atoms with Gasteiger partial charge in [-0.1, -0.05) is 30.7 Å². The molecule has 0 heterocycles. The number of esters is 1. The number of rotatable bonds is 8. The fraction of sp³-hybridized carbons (Fsp3) is 0.333. The van der Waals surface area contributed by atoms with E-state index in [0.717, 1.165) is 16.3 Å². The van der Waals surface area contributed by atoms with Gasteiger partial charge in [0.1, 0.15) is 0 Å². The monoisotopic (exact) mass is 418 g/mol. The maximum Gasteiger partial charge on any atom is 0.338 e. The molecule has 2 rings (SSSR count). The number of benzene rings is 2. The topological polar surface area (TPSA) is 92.8 Å². The lowest BCUT2D eigenvalue weighted by molar-refractivity contribution is -0.129. The number of ether oxygens (including phenoxy) is 1. The molecule has 0 radical (unpaired) electrons. The van der Waals surface area contributed by atoms with Crippen LogP contribution in [-0.4, -0.2) is 40.0 Å². The van der Waals surface area contributed by atoms with Gasteiger partial charge in [-0.25, -0.2) is 13.2 Å². The normalized spacial score (nSPS) is 12.1. The van der Waals surface area contributed by atoms with Crippen molar-refractivity contribution in [2.24, 2.45) is 0 Å². The van der Waals surface area contributed by atoms with E-state index >= 15 is 0 Å². The number of hydrogen-bond acceptors (Lipinski definition) is 5. The largest absolute Gasteiger partial charge is 0.449 e. The Labute approximate surface area is 171 Å². The van der Waals surface area contributed by atoms with Gasteiger partial charge in [-0.2, -0.15) is 0 Å². The highest BCUT2D eigenvalue weighted by molar-refractivity contribution is 7.92. The minimum absolute atomic E-state index is 0.0434. The highest BCUT2D eigenvalue weighted by Crippen LogP contribution is 2.23. The molecule has 1 atom stereocenters. The molecular formula is C21H26N2O5S. The number of nitrogens with zero attached hydrogens (tertiary/aromatic N) is 1. The van der Waals surface area contributed by atoms with Gasteiger partial charge in [0.05, 0.1) is 16.1 Å². The smallest absolute Gasteiger partial charge is 0.338 e. The minimum atomic E-state index is -3.87. The molecular weight excluding hydrogens is 392 g/mol. The molecule has 156 valence electrons. The summed E-state index contributed by atoms with van der Waals surface area (Å²) in [6.45, 7) is 5.78. The van der Waals surface area contributed by atoms with Gasteiger partial charge in [0.2, 0.25) is 0 Å². The second-order valence-corrected chi connectivity index (χ2v) is 8.64. The van der Waals surface area contributed by atoms with Crippen LogP contribution in [-0.2, 0) is 19.6 Å². The Kier molecular flexibility index (Phi) is 7.39. The van der Waals surface area contributed by atoms with E-state index in [0.29, 0.717) is 12.2 Å². The summed E-state index contributed by atoms with van der Waals surface area (Å²) in [6, 6.07) is 12.6. The third-order valence-electron chi connectivity index (χ3n) is 4.33. The Morgan fingerprint density at radius 1 is 1.14 bits per heavy atom. The van der Waals surface area contributed by atoms with Gasteiger partial charge in [0, 0.05) is 13.6 Å². The molecule has 7 nitrogen and oxygen atoms in total. The predicted molar refractivity (Wildman–Crippen MR) is 111 cm³/mol. The van der Waals surface area contributed by atoms with E-state index < -0.39 is 28.0 Å². The number of hydrogen-bond donors (Lipinski definition) is 1. The van der Waals surface area contributed by atoms with Crippen molar-refractivity contribution in [1.29, 1.82) is 0 Å². The summed E-state index contributed by atoms with van der Waals surface area (Å²) in [7, 11) is -2.42. The second-order valence-electron chi connectivity index (χ2n) is 6.67. The van der Waals surface area contributed by atoms with Gasteiger partial charge in [-0.3, -0.25) is 9.10 Å². The molecule has 1 N–H and O–H groups in total. The van der Waals surface area contributed by atoms with Gasteiger partial charge in [0.15, 0.2) is 6.10 Å². The van der Waals surface area contributed by atoms with Crippen molar-refractivity contribution in [3.05, 3.63) is 59.7 Å². The number of sulfonamides is 1. The first-order valence-electron chi connectivity index (χ1n) is 9.31. The van der Waals surface area contributed by atoms with Gasteiger partial charge in [0.25, 0.3) is 15.9 Å². The summed E-state index contributed by atoms with van der Waals surface area (Å²) in [5.41, 5.74) is 1.57. The van der Waals surface area contributed by atoms with Crippen molar-refractivity contribution in [2.45, 2.75) is 38.2 Å². The Balaban J connectivity index is 2.20. The van der Waals surface area contributed by atoms with Crippen molar-refractivity contribution < 1.29 is 22.7 Å². The summed E-state index contributed by atoms with van der Waals surface area (Å²) in [5, 5.41) is 2.64. The zero-order chi connectivity index (χ0) is 21.6. The number of aryl methyl sites for hydroxylation is 1. The van der Waals surface area contributed by atoms with Gasteiger partial charge in [-0.05, 0) is 50.6 Å². The van der Waals surface area contributed by atoms with Crippen molar-refractivity contribution in [2.75, 3.05) is 17.9 Å². The summed E-state index contributed by atoms with van der Waals surface area (Å²) in [6.07, 6.45) is -0.217. The molecule has 0 spiro atoms. The SMILES string of the molecule is CCCNC(=O)C(C)OC(=O)c1cccc(S(=O)(=O)N(C)c2ccc(C)cc2)c1. The zero-order valence-corrected chi connectivity index (χ0v) is 17.8. The number of amides is 1. The molecule has 8 heteroatoms. The zero-order valence-electron chi connectivity index (χ0n) is 17.0. The highest BCUT2D eigenvalue weighted by atomic mass is 32.2. The first kappa shape index (κ1) is 22.4. The molecule has 2 aromatic rings. The van der Waals surface area contributed by atoms with E-state index in [1.807, 2.05) is 26.0 Å². The number of anilines is 1. The maximum atomic E-state index is 13.0. The molecule has 0 aliphatic heterocycles. The molecule has 29 heavy (non-hydrogen) atoms. The van der Waals surface area contributed by atoms with Crippen molar-refractivity contribution in [3.8, 4) is 0 Å². The van der Waals surface area contributed by atoms with Crippen molar-refractivity contribution in [1.82, 2.24) is 5.32 Å². The number of nitrogens with one attached hydrogen (secondary N) is 1. The molecule has 0 aliphatic rings. The third kappa shape index (κ3) is 5.57. The van der Waals surface area contributed by atoms with Crippen LogP contribution in [0.1, 0.15) is 36.2 Å². The van der Waals surface area contributed by atoms with Gasteiger partial charge < -0.3 is 10.1 Å². The Bertz CT molecular complexity index is 971. The molecule has 2 aromatic carbocycles. The quantitative estimate of drug-likeness (QED) is 0.666. The van der Waals surface area contributed by atoms with Crippen LogP contribution in [0.25, 0.3) is 0 Å². The fourth-order valence-electron chi connectivity index (χ4n) is 2.51. The molecule has 1 unspecified atom stereocenters. The third-order valence-corrected chi connectivity index (χ3v) is 6.11. The van der Waals surface area contributed by atoms with Crippen molar-refractivity contribution >= 4 is 27.6 Å². The van der Waals surface area contributed by atoms with Crippen LogP contribution in [0.3, 0.4) is 0 Å². The van der Waals surface area contributed by atoms with Crippen LogP contribution in [0.15, 0.2) is 53.4 Å². The summed E-state index contributed by atoms with van der Waals surface area (Å²) < 4.78 is 32.2. The summed E-state index contributed by atoms with van der Waals surface area (Å²) in [4.78, 5) is 24.2. The van der Waals surface area contributed by atoms with Gasteiger partial charge >= 0.3 is 5.97 Å². The molecule has 0 aromatic heterocycles. The Hall–Kier alpha value is -2.87. The number of carbonyl (C=O) groups is 2. The Morgan fingerprint density at radius 2 is 1.79 bits per heavy atom. The van der Waals surface area contributed by atoms with E-state index in [2.05, 4.69) is 5.32 Å². The summed E-state index contributed by atoms with van der Waals surface area (Å²) in [5.74, 6) is -1.16. The lowest BCUT2D eigenvalue weighted by Crippen LogP contribution is -2.36. The average molecular weight is 419 g/mol. The van der Waals surface area contributed by atoms with E-state index in [1.54, 1.807) is 12.1 Å². The fourth-order valence-corrected chi connectivity index (χ4v) is 3.75. The van der Waals surface area contributed by atoms with Crippen LogP contribution in [0.2, 0.25) is 0 Å². The highest BCUT2D eigenvalue weighted by Gasteiger charge is 2.24. The molecule has 0 fully saturated rings. The van der Waals surface area contributed by atoms with Crippen LogP contribution in [0, 0.1) is 6.92 Å². The van der Waals surface area contributed by atoms with Crippen LogP contribution in [0.4, 0.5) is 5.69 Å². The van der Waals surface area contributed by atoms with E-state index in [9.17, 15) is 18.0 Å². The molecule has 0 aliphatic carbocycles. The standard InChI is InChI=1S/C21H26N2O5S/c1-5-13-22-20(24)16(3)28-21(25)17-7-6-8-19(14-17)29(26,27)23(4)18-11-9-15(2)10-12-18/h6-12,14,16H,5,13H2,1-4H3,(H,22,24). The second kappa shape index (κ2) is 9.56. The first-order valence-corrected chi connectivity index (χ1v) is 10.7. The van der Waals surface area contributed by atoms with E-state index in [-0.39, 0.29) is 10.5 Å². The lowest BCUT2D eigenvalue weighted by atomic mass is 10.2. The van der Waals surface area contributed by atoms with Crippen molar-refractivity contribution in [3.63, 3.8) is 0 Å². The van der Waals surface area contributed by atoms with E-state index in [1.165, 1.54) is 38.2 Å². The number of carbonyl (C=O) groups excluding carboxylic acids is 2. The molecule has 0 bridgehead atoms. The molecule has 1 amide bonds. The Morgan fingerprint density at radius 3 is 2.41 bits per heavy atom. The minimum Gasteiger partial charge on any atom is -0.449 e. The van der Waals surface area contributed by atoms with E-state index in [4.69, 9.17) is 4.74 Å². The lowest BCUT2D eigenvalue weighted by Gasteiger charge is -2.20. The van der Waals surface area contributed by atoms with Crippen LogP contribution < -0.4 is 9.62 Å². The maximum absolute atomic E-state index is 13.0. The first-order chi connectivity index (χ1) is 13.7.